The van der Waals surface area contributed by atoms with Crippen LogP contribution in [0.25, 0.3) is 6.08 Å². The van der Waals surface area contributed by atoms with Crippen molar-refractivity contribution < 1.29 is 32.6 Å². The van der Waals surface area contributed by atoms with Crippen molar-refractivity contribution in [2.75, 3.05) is 19.0 Å². The van der Waals surface area contributed by atoms with Gasteiger partial charge in [-0.3, -0.25) is 9.59 Å². The average molecular weight is 467 g/mol. The molecular formula is C26H23F2NO5. The number of rotatable bonds is 10. The number of nitrogens with one attached hydrogen (secondary N) is 1. The highest BCUT2D eigenvalue weighted by atomic mass is 19.3. The van der Waals surface area contributed by atoms with Crippen molar-refractivity contribution in [3.63, 3.8) is 0 Å². The zero-order valence-corrected chi connectivity index (χ0v) is 18.6. The van der Waals surface area contributed by atoms with Crippen LogP contribution >= 0.6 is 0 Å². The van der Waals surface area contributed by atoms with E-state index in [1.807, 2.05) is 19.1 Å². The van der Waals surface area contributed by atoms with Gasteiger partial charge in [0.1, 0.15) is 5.75 Å². The number of carbonyl (C=O) groups is 2. The van der Waals surface area contributed by atoms with Gasteiger partial charge in [-0.1, -0.05) is 42.0 Å². The van der Waals surface area contributed by atoms with Gasteiger partial charge in [0.15, 0.2) is 23.9 Å². The lowest BCUT2D eigenvalue weighted by molar-refractivity contribution is -0.118. The summed E-state index contributed by atoms with van der Waals surface area (Å²) in [5, 5.41) is 2.75. The normalized spacial score (nSPS) is 10.9. The number of allylic oxidation sites excluding steroid dienone is 1. The van der Waals surface area contributed by atoms with Crippen molar-refractivity contribution in [1.82, 2.24) is 0 Å². The highest BCUT2D eigenvalue weighted by molar-refractivity contribution is 6.07. The Balaban J connectivity index is 1.61. The lowest BCUT2D eigenvalue weighted by atomic mass is 10.1. The molecule has 0 aromatic heterocycles. The molecule has 0 saturated carbocycles. The van der Waals surface area contributed by atoms with Gasteiger partial charge in [-0.2, -0.15) is 8.78 Å². The number of ether oxygens (including phenoxy) is 3. The van der Waals surface area contributed by atoms with Crippen LogP contribution in [0, 0.1) is 6.92 Å². The number of benzene rings is 3. The van der Waals surface area contributed by atoms with Crippen molar-refractivity contribution in [1.29, 1.82) is 0 Å². The van der Waals surface area contributed by atoms with E-state index in [9.17, 15) is 18.4 Å². The zero-order valence-electron chi connectivity index (χ0n) is 18.6. The molecule has 0 radical (unpaired) electrons. The molecule has 0 aliphatic rings. The van der Waals surface area contributed by atoms with Gasteiger partial charge in [0.25, 0.3) is 5.91 Å². The maximum absolute atomic E-state index is 12.4. The van der Waals surface area contributed by atoms with Gasteiger partial charge in [-0.25, -0.2) is 0 Å². The number of amides is 1. The van der Waals surface area contributed by atoms with Crippen LogP contribution in [-0.2, 0) is 4.79 Å². The number of hydrogen-bond acceptors (Lipinski definition) is 5. The van der Waals surface area contributed by atoms with Crippen LogP contribution in [0.15, 0.2) is 72.8 Å². The Labute approximate surface area is 195 Å². The molecule has 6 nitrogen and oxygen atoms in total. The van der Waals surface area contributed by atoms with Crippen LogP contribution in [0.4, 0.5) is 14.5 Å². The van der Waals surface area contributed by atoms with Gasteiger partial charge in [0.2, 0.25) is 0 Å². The molecular weight excluding hydrogens is 444 g/mol. The minimum atomic E-state index is -2.97. The summed E-state index contributed by atoms with van der Waals surface area (Å²) in [4.78, 5) is 24.5. The predicted octanol–water partition coefficient (Wildman–Crippen LogP) is 5.52. The third-order valence-electron chi connectivity index (χ3n) is 4.65. The fourth-order valence-electron chi connectivity index (χ4n) is 2.98. The van der Waals surface area contributed by atoms with Crippen molar-refractivity contribution in [3.05, 3.63) is 89.5 Å². The molecule has 0 atom stereocenters. The molecule has 0 unspecified atom stereocenters. The van der Waals surface area contributed by atoms with Gasteiger partial charge >= 0.3 is 6.61 Å². The molecule has 0 spiro atoms. The number of hydrogen-bond donors (Lipinski definition) is 1. The Kier molecular flexibility index (Phi) is 8.34. The van der Waals surface area contributed by atoms with E-state index < -0.39 is 6.61 Å². The lowest BCUT2D eigenvalue weighted by Gasteiger charge is -2.11. The van der Waals surface area contributed by atoms with Crippen molar-refractivity contribution in [2.24, 2.45) is 0 Å². The molecule has 0 bridgehead atoms. The first-order valence-corrected chi connectivity index (χ1v) is 10.3. The summed E-state index contributed by atoms with van der Waals surface area (Å²) in [6.07, 6.45) is 2.87. The average Bonchev–Trinajstić information content (AvgIpc) is 2.82. The van der Waals surface area contributed by atoms with E-state index in [-0.39, 0.29) is 29.6 Å². The number of methoxy groups -OCH3 is 1. The largest absolute Gasteiger partial charge is 0.493 e. The van der Waals surface area contributed by atoms with Crippen molar-refractivity contribution in [2.45, 2.75) is 13.5 Å². The van der Waals surface area contributed by atoms with Gasteiger partial charge in [0.05, 0.1) is 7.11 Å². The summed E-state index contributed by atoms with van der Waals surface area (Å²) < 4.78 is 40.0. The van der Waals surface area contributed by atoms with E-state index in [0.29, 0.717) is 22.7 Å². The van der Waals surface area contributed by atoms with Crippen molar-refractivity contribution in [3.8, 4) is 17.2 Å². The number of anilines is 1. The standard InChI is InChI=1S/C26H23F2NO5/c1-17-6-10-20(11-7-17)29-25(31)16-33-23-13-9-18(14-24(23)32-2)8-12-22(30)19-4-3-5-21(15-19)34-26(27)28/h3-15,26H,16H2,1-2H3,(H,29,31)/b12-8+. The van der Waals surface area contributed by atoms with Crippen LogP contribution in [0.5, 0.6) is 17.2 Å². The minimum Gasteiger partial charge on any atom is -0.493 e. The number of halogens is 2. The second kappa shape index (κ2) is 11.6. The number of alkyl halides is 2. The number of ketones is 1. The molecule has 3 aromatic rings. The topological polar surface area (TPSA) is 73.9 Å². The third kappa shape index (κ3) is 7.16. The molecule has 3 aromatic carbocycles. The van der Waals surface area contributed by atoms with Crippen LogP contribution in [0.2, 0.25) is 0 Å². The Morgan fingerprint density at radius 2 is 1.76 bits per heavy atom. The summed E-state index contributed by atoms with van der Waals surface area (Å²) in [6.45, 7) is -1.23. The Morgan fingerprint density at radius 1 is 1.00 bits per heavy atom. The Morgan fingerprint density at radius 3 is 2.47 bits per heavy atom. The van der Waals surface area contributed by atoms with E-state index in [2.05, 4.69) is 10.1 Å². The molecule has 0 saturated heterocycles. The second-order valence-electron chi connectivity index (χ2n) is 7.22. The molecule has 0 aliphatic heterocycles. The number of aryl methyl sites for hydroxylation is 1. The van der Waals surface area contributed by atoms with Crippen LogP contribution < -0.4 is 19.5 Å². The van der Waals surface area contributed by atoms with Gasteiger partial charge < -0.3 is 19.5 Å². The maximum atomic E-state index is 12.4. The molecule has 34 heavy (non-hydrogen) atoms. The van der Waals surface area contributed by atoms with E-state index in [1.165, 1.54) is 37.5 Å². The van der Waals surface area contributed by atoms with Crippen LogP contribution in [-0.4, -0.2) is 32.0 Å². The smallest absolute Gasteiger partial charge is 0.387 e. The first-order chi connectivity index (χ1) is 16.3. The van der Waals surface area contributed by atoms with Crippen LogP contribution in [0.1, 0.15) is 21.5 Å². The summed E-state index contributed by atoms with van der Waals surface area (Å²) >= 11 is 0. The highest BCUT2D eigenvalue weighted by Gasteiger charge is 2.10. The quantitative estimate of drug-likeness (QED) is 0.314. The summed E-state index contributed by atoms with van der Waals surface area (Å²) in [6, 6.07) is 17.9. The summed E-state index contributed by atoms with van der Waals surface area (Å²) in [7, 11) is 1.46. The summed E-state index contributed by atoms with van der Waals surface area (Å²) in [5.74, 6) is -0.0545. The first kappa shape index (κ1) is 24.4. The predicted molar refractivity (Wildman–Crippen MR) is 125 cm³/mol. The SMILES string of the molecule is COc1cc(/C=C/C(=O)c2cccc(OC(F)F)c2)ccc1OCC(=O)Nc1ccc(C)cc1. The molecule has 8 heteroatoms. The monoisotopic (exact) mass is 467 g/mol. The Hall–Kier alpha value is -4.20. The lowest BCUT2D eigenvalue weighted by Crippen LogP contribution is -2.20. The molecule has 0 fully saturated rings. The molecule has 1 N–H and O–H groups in total. The molecule has 0 aliphatic carbocycles. The Bertz CT molecular complexity index is 1180. The maximum Gasteiger partial charge on any atom is 0.387 e. The van der Waals surface area contributed by atoms with E-state index in [1.54, 1.807) is 36.4 Å². The highest BCUT2D eigenvalue weighted by Crippen LogP contribution is 2.29. The molecule has 176 valence electrons. The first-order valence-electron chi connectivity index (χ1n) is 10.3. The third-order valence-corrected chi connectivity index (χ3v) is 4.65. The van der Waals surface area contributed by atoms with Gasteiger partial charge in [0, 0.05) is 11.3 Å². The van der Waals surface area contributed by atoms with E-state index >= 15 is 0 Å². The molecule has 0 heterocycles. The number of carbonyl (C=O) groups excluding carboxylic acids is 2. The molecule has 1 amide bonds. The molecule has 3 rings (SSSR count). The second-order valence-corrected chi connectivity index (χ2v) is 7.22. The fourth-order valence-corrected chi connectivity index (χ4v) is 2.98. The zero-order chi connectivity index (χ0) is 24.5. The van der Waals surface area contributed by atoms with Crippen LogP contribution in [0.3, 0.4) is 0 Å². The fraction of sp³-hybridized carbons (Fsp3) is 0.154. The van der Waals surface area contributed by atoms with Crippen molar-refractivity contribution >= 4 is 23.5 Å². The minimum absolute atomic E-state index is 0.0937. The van der Waals surface area contributed by atoms with Gasteiger partial charge in [-0.05, 0) is 55.0 Å². The van der Waals surface area contributed by atoms with Gasteiger partial charge in [-0.15, -0.1) is 0 Å². The van der Waals surface area contributed by atoms with E-state index in [4.69, 9.17) is 9.47 Å². The van der Waals surface area contributed by atoms with E-state index in [0.717, 1.165) is 5.56 Å². The summed E-state index contributed by atoms with van der Waals surface area (Å²) in [5.41, 5.74) is 2.61.